The molecule has 1 aliphatic rings. The Balaban J connectivity index is 1.05. The molecule has 0 saturated heterocycles. The number of carbonyl (C=O) groups is 1. The van der Waals surface area contributed by atoms with Crippen molar-refractivity contribution in [3.63, 3.8) is 0 Å². The summed E-state index contributed by atoms with van der Waals surface area (Å²) >= 11 is 0. The predicted molar refractivity (Wildman–Crippen MR) is 138 cm³/mol. The Bertz CT molecular complexity index is 1110. The number of nitrogens with one attached hydrogen (secondary N) is 2. The second kappa shape index (κ2) is 14.0. The molecule has 0 radical (unpaired) electrons. The molecule has 3 aromatic carbocycles. The number of rotatable bonds is 14. The lowest BCUT2D eigenvalue weighted by molar-refractivity contribution is -0.123. The molecule has 3 aromatic rings. The van der Waals surface area contributed by atoms with E-state index in [0.717, 1.165) is 11.3 Å². The summed E-state index contributed by atoms with van der Waals surface area (Å²) < 4.78 is 28.1. The Labute approximate surface area is 216 Å². The van der Waals surface area contributed by atoms with Gasteiger partial charge in [0.05, 0.1) is 0 Å². The predicted octanol–water partition coefficient (Wildman–Crippen LogP) is 2.56. The minimum atomic E-state index is -0.723. The fourth-order valence-electron chi connectivity index (χ4n) is 3.54. The monoisotopic (exact) mass is 508 g/mol. The van der Waals surface area contributed by atoms with Gasteiger partial charge in [0, 0.05) is 19.6 Å². The lowest BCUT2D eigenvalue weighted by Crippen LogP contribution is -2.38. The lowest BCUT2D eigenvalue weighted by Gasteiger charge is -2.21. The second-order valence-corrected chi connectivity index (χ2v) is 8.33. The number of hydrogen-bond acceptors (Lipinski definition) is 8. The zero-order valence-electron chi connectivity index (χ0n) is 20.6. The van der Waals surface area contributed by atoms with E-state index in [1.54, 1.807) is 18.2 Å². The van der Waals surface area contributed by atoms with E-state index in [-0.39, 0.29) is 19.1 Å². The minimum absolute atomic E-state index is 0.0894. The van der Waals surface area contributed by atoms with Crippen LogP contribution in [0.25, 0.3) is 0 Å². The SMILES string of the molecule is O=C(COc1ccc(OCc2ccccc2)cc1)NCCNCC(O)COc1cccc2c1OCCO2. The highest BCUT2D eigenvalue weighted by Gasteiger charge is 2.17. The van der Waals surface area contributed by atoms with Gasteiger partial charge in [0.15, 0.2) is 18.1 Å². The standard InChI is InChI=1S/C28H32N2O7/c31-22(19-37-26-8-4-7-25-28(26)34-16-15-33-25)17-29-13-14-30-27(32)20-36-24-11-9-23(10-12-24)35-18-21-5-2-1-3-6-21/h1-12,22,29,31H,13-20H2,(H,30,32). The lowest BCUT2D eigenvalue weighted by atomic mass is 10.2. The molecule has 0 bridgehead atoms. The highest BCUT2D eigenvalue weighted by Crippen LogP contribution is 2.38. The van der Waals surface area contributed by atoms with E-state index in [4.69, 9.17) is 23.7 Å². The van der Waals surface area contributed by atoms with E-state index >= 15 is 0 Å². The van der Waals surface area contributed by atoms with Gasteiger partial charge in [-0.2, -0.15) is 0 Å². The van der Waals surface area contributed by atoms with Gasteiger partial charge in [0.1, 0.15) is 44.0 Å². The van der Waals surface area contributed by atoms with Crippen LogP contribution in [0.3, 0.4) is 0 Å². The largest absolute Gasteiger partial charge is 0.489 e. The fraction of sp³-hybridized carbons (Fsp3) is 0.321. The third-order valence-electron chi connectivity index (χ3n) is 5.41. The first-order valence-electron chi connectivity index (χ1n) is 12.2. The maximum absolute atomic E-state index is 12.0. The molecule has 196 valence electrons. The molecule has 0 saturated carbocycles. The normalized spacial score (nSPS) is 12.9. The Kier molecular flexibility index (Phi) is 9.85. The molecule has 1 amide bonds. The van der Waals surface area contributed by atoms with Crippen molar-refractivity contribution in [1.82, 2.24) is 10.6 Å². The molecule has 0 spiro atoms. The number of aliphatic hydroxyl groups is 1. The van der Waals surface area contributed by atoms with Gasteiger partial charge in [-0.25, -0.2) is 0 Å². The van der Waals surface area contributed by atoms with E-state index in [1.165, 1.54) is 0 Å². The molecule has 3 N–H and O–H groups in total. The molecule has 1 heterocycles. The van der Waals surface area contributed by atoms with Crippen LogP contribution in [-0.4, -0.2) is 63.2 Å². The molecule has 0 fully saturated rings. The first-order valence-corrected chi connectivity index (χ1v) is 12.2. The van der Waals surface area contributed by atoms with Crippen LogP contribution in [0.15, 0.2) is 72.8 Å². The van der Waals surface area contributed by atoms with E-state index < -0.39 is 6.10 Å². The zero-order valence-corrected chi connectivity index (χ0v) is 20.6. The highest BCUT2D eigenvalue weighted by molar-refractivity contribution is 5.77. The van der Waals surface area contributed by atoms with Gasteiger partial charge in [0.25, 0.3) is 5.91 Å². The summed E-state index contributed by atoms with van der Waals surface area (Å²) in [6.07, 6.45) is -0.723. The van der Waals surface area contributed by atoms with Crippen molar-refractivity contribution >= 4 is 5.91 Å². The fourth-order valence-corrected chi connectivity index (χ4v) is 3.54. The summed E-state index contributed by atoms with van der Waals surface area (Å²) in [5.74, 6) is 2.82. The molecule has 0 aliphatic carbocycles. The number of hydrogen-bond donors (Lipinski definition) is 3. The first kappa shape index (κ1) is 26.1. The van der Waals surface area contributed by atoms with Crippen LogP contribution >= 0.6 is 0 Å². The van der Waals surface area contributed by atoms with Gasteiger partial charge in [-0.1, -0.05) is 36.4 Å². The Hall–Kier alpha value is -3.95. The van der Waals surface area contributed by atoms with Crippen molar-refractivity contribution < 1.29 is 33.6 Å². The molecule has 1 atom stereocenters. The van der Waals surface area contributed by atoms with Crippen LogP contribution in [0.1, 0.15) is 5.56 Å². The molecule has 9 nitrogen and oxygen atoms in total. The minimum Gasteiger partial charge on any atom is -0.489 e. The van der Waals surface area contributed by atoms with Crippen LogP contribution in [0, 0.1) is 0 Å². The van der Waals surface area contributed by atoms with Crippen molar-refractivity contribution in [3.8, 4) is 28.7 Å². The summed E-state index contributed by atoms with van der Waals surface area (Å²) in [4.78, 5) is 12.0. The van der Waals surface area contributed by atoms with Gasteiger partial charge in [-0.15, -0.1) is 0 Å². The number of benzene rings is 3. The smallest absolute Gasteiger partial charge is 0.257 e. The van der Waals surface area contributed by atoms with E-state index in [2.05, 4.69) is 10.6 Å². The number of carbonyl (C=O) groups excluding carboxylic acids is 1. The molecule has 0 aromatic heterocycles. The molecule has 1 aliphatic heterocycles. The third kappa shape index (κ3) is 8.59. The number of para-hydroxylation sites is 1. The highest BCUT2D eigenvalue weighted by atomic mass is 16.6. The summed E-state index contributed by atoms with van der Waals surface area (Å²) in [5, 5.41) is 16.0. The number of ether oxygens (including phenoxy) is 5. The molecule has 1 unspecified atom stereocenters. The van der Waals surface area contributed by atoms with Crippen LogP contribution in [-0.2, 0) is 11.4 Å². The molecular formula is C28H32N2O7. The zero-order chi connectivity index (χ0) is 25.7. The molecular weight excluding hydrogens is 476 g/mol. The topological polar surface area (TPSA) is 108 Å². The number of aliphatic hydroxyl groups excluding tert-OH is 1. The van der Waals surface area contributed by atoms with E-state index in [1.807, 2.05) is 54.6 Å². The van der Waals surface area contributed by atoms with E-state index in [9.17, 15) is 9.90 Å². The van der Waals surface area contributed by atoms with Gasteiger partial charge in [-0.05, 0) is 42.0 Å². The summed E-state index contributed by atoms with van der Waals surface area (Å²) in [7, 11) is 0. The maximum atomic E-state index is 12.0. The summed E-state index contributed by atoms with van der Waals surface area (Å²) in [6, 6.07) is 22.5. The van der Waals surface area contributed by atoms with E-state index in [0.29, 0.717) is 62.5 Å². The maximum Gasteiger partial charge on any atom is 0.257 e. The average molecular weight is 509 g/mol. The molecule has 9 heteroatoms. The Morgan fingerprint density at radius 3 is 2.43 bits per heavy atom. The van der Waals surface area contributed by atoms with Crippen molar-refractivity contribution in [3.05, 3.63) is 78.4 Å². The third-order valence-corrected chi connectivity index (χ3v) is 5.41. The number of amides is 1. The average Bonchev–Trinajstić information content (AvgIpc) is 2.94. The van der Waals surface area contributed by atoms with Crippen LogP contribution < -0.4 is 34.3 Å². The Morgan fingerprint density at radius 1 is 0.865 bits per heavy atom. The van der Waals surface area contributed by atoms with Crippen molar-refractivity contribution in [1.29, 1.82) is 0 Å². The molecule has 37 heavy (non-hydrogen) atoms. The molecule has 4 rings (SSSR count). The van der Waals surface area contributed by atoms with Gasteiger partial charge >= 0.3 is 0 Å². The first-order chi connectivity index (χ1) is 18.2. The van der Waals surface area contributed by atoms with Crippen molar-refractivity contribution in [2.75, 3.05) is 46.1 Å². The van der Waals surface area contributed by atoms with Gasteiger partial charge < -0.3 is 39.4 Å². The summed E-state index contributed by atoms with van der Waals surface area (Å²) in [5.41, 5.74) is 1.09. The van der Waals surface area contributed by atoms with Crippen LogP contribution in [0.4, 0.5) is 0 Å². The van der Waals surface area contributed by atoms with Crippen molar-refractivity contribution in [2.24, 2.45) is 0 Å². The van der Waals surface area contributed by atoms with Gasteiger partial charge in [0.2, 0.25) is 5.75 Å². The van der Waals surface area contributed by atoms with Crippen LogP contribution in [0.5, 0.6) is 28.7 Å². The quantitative estimate of drug-likeness (QED) is 0.285. The summed E-state index contributed by atoms with van der Waals surface area (Å²) in [6.45, 7) is 2.68. The second-order valence-electron chi connectivity index (χ2n) is 8.33. The van der Waals surface area contributed by atoms with Gasteiger partial charge in [-0.3, -0.25) is 4.79 Å². The Morgan fingerprint density at radius 2 is 1.62 bits per heavy atom. The van der Waals surface area contributed by atoms with Crippen molar-refractivity contribution in [2.45, 2.75) is 12.7 Å². The van der Waals surface area contributed by atoms with Crippen LogP contribution in [0.2, 0.25) is 0 Å². The number of fused-ring (bicyclic) bond motifs is 1.